The van der Waals surface area contributed by atoms with Gasteiger partial charge in [-0.1, -0.05) is 19.4 Å². The number of rotatable bonds is 3. The van der Waals surface area contributed by atoms with Gasteiger partial charge in [-0.2, -0.15) is 0 Å². The van der Waals surface area contributed by atoms with E-state index in [1.165, 1.54) is 0 Å². The van der Waals surface area contributed by atoms with Crippen molar-refractivity contribution >= 4 is 12.1 Å². The van der Waals surface area contributed by atoms with Crippen molar-refractivity contribution in [2.75, 3.05) is 0 Å². The van der Waals surface area contributed by atoms with Crippen molar-refractivity contribution in [1.82, 2.24) is 0 Å². The van der Waals surface area contributed by atoms with E-state index < -0.39 is 12.1 Å². The largest absolute Gasteiger partial charge is 0.513 e. The maximum absolute atomic E-state index is 10.4. The molecule has 1 N–H and O–H groups in total. The SMILES string of the molecule is CCCC=CC(=O)OC(=O)O. The molecule has 0 aromatic heterocycles. The van der Waals surface area contributed by atoms with E-state index in [9.17, 15) is 9.59 Å². The van der Waals surface area contributed by atoms with Crippen LogP contribution >= 0.6 is 0 Å². The van der Waals surface area contributed by atoms with Crippen LogP contribution < -0.4 is 0 Å². The van der Waals surface area contributed by atoms with Crippen molar-refractivity contribution in [2.45, 2.75) is 19.8 Å². The van der Waals surface area contributed by atoms with Crippen LogP contribution in [0.1, 0.15) is 19.8 Å². The molecule has 62 valence electrons. The lowest BCUT2D eigenvalue weighted by Crippen LogP contribution is -2.06. The third kappa shape index (κ3) is 6.57. The lowest BCUT2D eigenvalue weighted by atomic mass is 10.3. The predicted molar refractivity (Wildman–Crippen MR) is 38.2 cm³/mol. The Kier molecular flexibility index (Phi) is 4.81. The zero-order valence-corrected chi connectivity index (χ0v) is 6.24. The molecule has 0 unspecified atom stereocenters. The number of unbranched alkanes of at least 4 members (excludes halogenated alkanes) is 1. The van der Waals surface area contributed by atoms with Gasteiger partial charge in [0.2, 0.25) is 0 Å². The third-order valence-electron chi connectivity index (χ3n) is 0.897. The minimum atomic E-state index is -1.57. The van der Waals surface area contributed by atoms with Crippen LogP contribution in [0.5, 0.6) is 0 Å². The van der Waals surface area contributed by atoms with E-state index in [0.29, 0.717) is 0 Å². The highest BCUT2D eigenvalue weighted by Gasteiger charge is 2.01. The van der Waals surface area contributed by atoms with Gasteiger partial charge in [-0.3, -0.25) is 0 Å². The molecule has 0 rings (SSSR count). The summed E-state index contributed by atoms with van der Waals surface area (Å²) in [6.45, 7) is 1.95. The molecule has 11 heavy (non-hydrogen) atoms. The first kappa shape index (κ1) is 9.68. The van der Waals surface area contributed by atoms with Gasteiger partial charge in [0.05, 0.1) is 0 Å². The van der Waals surface area contributed by atoms with Gasteiger partial charge in [-0.25, -0.2) is 9.59 Å². The summed E-state index contributed by atoms with van der Waals surface area (Å²) in [5.41, 5.74) is 0. The Morgan fingerprint density at radius 3 is 2.64 bits per heavy atom. The predicted octanol–water partition coefficient (Wildman–Crippen LogP) is 1.56. The van der Waals surface area contributed by atoms with Gasteiger partial charge in [0.1, 0.15) is 0 Å². The van der Waals surface area contributed by atoms with E-state index in [0.717, 1.165) is 18.9 Å². The van der Waals surface area contributed by atoms with Crippen LogP contribution in [0.4, 0.5) is 4.79 Å². The van der Waals surface area contributed by atoms with Gasteiger partial charge in [0.25, 0.3) is 0 Å². The summed E-state index contributed by atoms with van der Waals surface area (Å²) < 4.78 is 3.79. The van der Waals surface area contributed by atoms with Crippen molar-refractivity contribution in [3.05, 3.63) is 12.2 Å². The second-order valence-electron chi connectivity index (χ2n) is 1.88. The Balaban J connectivity index is 3.60. The molecule has 0 atom stereocenters. The topological polar surface area (TPSA) is 63.6 Å². The molecule has 0 aliphatic heterocycles. The van der Waals surface area contributed by atoms with E-state index in [1.807, 2.05) is 6.92 Å². The Hall–Kier alpha value is -1.32. The quantitative estimate of drug-likeness (QED) is 0.384. The van der Waals surface area contributed by atoms with E-state index in [1.54, 1.807) is 6.08 Å². The van der Waals surface area contributed by atoms with Crippen molar-refractivity contribution in [3.63, 3.8) is 0 Å². The highest BCUT2D eigenvalue weighted by atomic mass is 16.7. The number of carbonyl (C=O) groups is 2. The molecule has 0 aromatic rings. The van der Waals surface area contributed by atoms with E-state index in [-0.39, 0.29) is 0 Å². The zero-order valence-electron chi connectivity index (χ0n) is 6.24. The molecule has 0 bridgehead atoms. The second kappa shape index (κ2) is 5.46. The first-order chi connectivity index (χ1) is 5.16. The van der Waals surface area contributed by atoms with Crippen LogP contribution in [0.25, 0.3) is 0 Å². The van der Waals surface area contributed by atoms with Crippen LogP contribution in [-0.4, -0.2) is 17.2 Å². The number of hydrogen-bond acceptors (Lipinski definition) is 3. The number of hydrogen-bond donors (Lipinski definition) is 1. The summed E-state index contributed by atoms with van der Waals surface area (Å²) in [5.74, 6) is -0.842. The summed E-state index contributed by atoms with van der Waals surface area (Å²) >= 11 is 0. The standard InChI is InChI=1S/C7H10O4/c1-2-3-4-5-6(8)11-7(9)10/h4-5H,2-3H2,1H3,(H,9,10). The lowest BCUT2D eigenvalue weighted by molar-refractivity contribution is -0.133. The molecule has 0 fully saturated rings. The van der Waals surface area contributed by atoms with Crippen molar-refractivity contribution in [2.24, 2.45) is 0 Å². The van der Waals surface area contributed by atoms with Crippen LogP contribution in [-0.2, 0) is 9.53 Å². The molecule has 0 heterocycles. The number of esters is 1. The summed E-state index contributed by atoms with van der Waals surface area (Å²) in [6.07, 6.45) is 2.77. The number of allylic oxidation sites excluding steroid dienone is 1. The van der Waals surface area contributed by atoms with Gasteiger partial charge in [-0.15, -0.1) is 0 Å². The molecule has 0 saturated carbocycles. The van der Waals surface area contributed by atoms with Crippen LogP contribution in [0, 0.1) is 0 Å². The number of carbonyl (C=O) groups excluding carboxylic acids is 1. The minimum Gasteiger partial charge on any atom is -0.449 e. The Labute approximate surface area is 64.5 Å². The fourth-order valence-corrected chi connectivity index (χ4v) is 0.466. The number of ether oxygens (including phenoxy) is 1. The second-order valence-corrected chi connectivity index (χ2v) is 1.88. The smallest absolute Gasteiger partial charge is 0.449 e. The monoisotopic (exact) mass is 158 g/mol. The zero-order chi connectivity index (χ0) is 8.69. The fourth-order valence-electron chi connectivity index (χ4n) is 0.466. The van der Waals surface area contributed by atoms with Crippen molar-refractivity contribution in [3.8, 4) is 0 Å². The fraction of sp³-hybridized carbons (Fsp3) is 0.429. The Morgan fingerprint density at radius 2 is 2.18 bits per heavy atom. The van der Waals surface area contributed by atoms with Gasteiger partial charge >= 0.3 is 12.1 Å². The summed E-state index contributed by atoms with van der Waals surface area (Å²) in [4.78, 5) is 20.2. The average Bonchev–Trinajstić information content (AvgIpc) is 1.86. The van der Waals surface area contributed by atoms with Crippen LogP contribution in [0.15, 0.2) is 12.2 Å². The van der Waals surface area contributed by atoms with E-state index in [2.05, 4.69) is 4.74 Å². The first-order valence-corrected chi connectivity index (χ1v) is 3.28. The van der Waals surface area contributed by atoms with Crippen molar-refractivity contribution in [1.29, 1.82) is 0 Å². The normalized spacial score (nSPS) is 9.91. The lowest BCUT2D eigenvalue weighted by Gasteiger charge is -1.89. The summed E-state index contributed by atoms with van der Waals surface area (Å²) in [7, 11) is 0. The molecule has 0 aromatic carbocycles. The van der Waals surface area contributed by atoms with Gasteiger partial charge < -0.3 is 9.84 Å². The molecule has 0 aliphatic carbocycles. The van der Waals surface area contributed by atoms with Crippen LogP contribution in [0.2, 0.25) is 0 Å². The number of carboxylic acid groups (broad SMARTS) is 1. The van der Waals surface area contributed by atoms with Crippen LogP contribution in [0.3, 0.4) is 0 Å². The molecule has 4 nitrogen and oxygen atoms in total. The highest BCUT2D eigenvalue weighted by molar-refractivity contribution is 5.89. The Bertz CT molecular complexity index is 171. The average molecular weight is 158 g/mol. The first-order valence-electron chi connectivity index (χ1n) is 3.28. The summed E-state index contributed by atoms with van der Waals surface area (Å²) in [5, 5.41) is 7.96. The third-order valence-corrected chi connectivity index (χ3v) is 0.897. The molecular formula is C7H10O4. The van der Waals surface area contributed by atoms with Gasteiger partial charge in [-0.05, 0) is 6.42 Å². The van der Waals surface area contributed by atoms with Gasteiger partial charge in [0, 0.05) is 6.08 Å². The maximum Gasteiger partial charge on any atom is 0.513 e. The summed E-state index contributed by atoms with van der Waals surface area (Å²) in [6, 6.07) is 0. The molecule has 4 heteroatoms. The molecule has 0 spiro atoms. The van der Waals surface area contributed by atoms with Gasteiger partial charge in [0.15, 0.2) is 0 Å². The Morgan fingerprint density at radius 1 is 1.55 bits per heavy atom. The minimum absolute atomic E-state index is 0.745. The van der Waals surface area contributed by atoms with E-state index >= 15 is 0 Å². The van der Waals surface area contributed by atoms with E-state index in [4.69, 9.17) is 5.11 Å². The highest BCUT2D eigenvalue weighted by Crippen LogP contribution is 1.89. The maximum atomic E-state index is 10.4. The molecular weight excluding hydrogens is 148 g/mol. The van der Waals surface area contributed by atoms with Crippen molar-refractivity contribution < 1.29 is 19.4 Å². The molecule has 0 aliphatic rings. The molecule has 0 amide bonds. The molecule has 0 saturated heterocycles. The molecule has 0 radical (unpaired) electrons.